The van der Waals surface area contributed by atoms with E-state index in [0.29, 0.717) is 13.2 Å². The van der Waals surface area contributed by atoms with Crippen molar-refractivity contribution in [3.05, 3.63) is 71.5 Å². The van der Waals surface area contributed by atoms with Gasteiger partial charge in [-0.3, -0.25) is 0 Å². The fraction of sp³-hybridized carbons (Fsp3) is 0.333. The molecule has 0 aliphatic heterocycles. The minimum atomic E-state index is 0.553. The number of hydrogen-bond acceptors (Lipinski definition) is 2. The van der Waals surface area contributed by atoms with E-state index < -0.39 is 0 Å². The highest BCUT2D eigenvalue weighted by Gasteiger charge is 2.09. The summed E-state index contributed by atoms with van der Waals surface area (Å²) in [6.07, 6.45) is 6.92. The average molecular weight is 308 g/mol. The zero-order chi connectivity index (χ0) is 15.9. The summed E-state index contributed by atoms with van der Waals surface area (Å²) in [7, 11) is 0. The van der Waals surface area contributed by atoms with Gasteiger partial charge in [0.25, 0.3) is 0 Å². The van der Waals surface area contributed by atoms with E-state index in [9.17, 15) is 0 Å². The van der Waals surface area contributed by atoms with Crippen LogP contribution in [0.15, 0.2) is 54.8 Å². The number of allylic oxidation sites excluding steroid dienone is 1. The van der Waals surface area contributed by atoms with Gasteiger partial charge < -0.3 is 9.47 Å². The first-order chi connectivity index (χ1) is 11.3. The molecule has 0 amide bonds. The van der Waals surface area contributed by atoms with E-state index in [-0.39, 0.29) is 0 Å². The lowest BCUT2D eigenvalue weighted by Crippen LogP contribution is -2.04. The molecule has 0 spiro atoms. The number of para-hydroxylation sites is 1. The Morgan fingerprint density at radius 3 is 2.57 bits per heavy atom. The summed E-state index contributed by atoms with van der Waals surface area (Å²) < 4.78 is 11.2. The molecular weight excluding hydrogens is 284 g/mol. The van der Waals surface area contributed by atoms with Gasteiger partial charge in [0.05, 0.1) is 6.26 Å². The number of benzene rings is 2. The summed E-state index contributed by atoms with van der Waals surface area (Å²) >= 11 is 0. The van der Waals surface area contributed by atoms with Crippen molar-refractivity contribution in [2.45, 2.75) is 32.6 Å². The molecular formula is C21H24O2. The van der Waals surface area contributed by atoms with Crippen LogP contribution in [0, 0.1) is 0 Å². The SMILES string of the molecule is C/C(=C\OCCOc1ccccc1)c1ccc2c(c1)CCCC2. The molecule has 120 valence electrons. The van der Waals surface area contributed by atoms with Gasteiger partial charge in [-0.2, -0.15) is 0 Å². The van der Waals surface area contributed by atoms with Crippen molar-refractivity contribution in [3.8, 4) is 5.75 Å². The molecule has 2 nitrogen and oxygen atoms in total. The standard InChI is InChI=1S/C21H24O2/c1-17(16-22-13-14-23-21-9-3-2-4-10-21)19-12-11-18-7-5-6-8-20(18)15-19/h2-4,9-12,15-16H,5-8,13-14H2,1H3/b17-16+. The van der Waals surface area contributed by atoms with E-state index in [1.54, 1.807) is 0 Å². The molecule has 2 aromatic rings. The van der Waals surface area contributed by atoms with Crippen LogP contribution in [0.25, 0.3) is 5.57 Å². The van der Waals surface area contributed by atoms with Crippen LogP contribution in [0.1, 0.15) is 36.5 Å². The predicted octanol–water partition coefficient (Wildman–Crippen LogP) is 5.02. The summed E-state index contributed by atoms with van der Waals surface area (Å²) in [5, 5.41) is 0. The van der Waals surface area contributed by atoms with Crippen molar-refractivity contribution in [2.24, 2.45) is 0 Å². The molecule has 0 fully saturated rings. The zero-order valence-corrected chi connectivity index (χ0v) is 13.8. The van der Waals surface area contributed by atoms with E-state index in [1.165, 1.54) is 42.4 Å². The van der Waals surface area contributed by atoms with Crippen molar-refractivity contribution >= 4 is 5.57 Å². The summed E-state index contributed by atoms with van der Waals surface area (Å²) in [5.41, 5.74) is 5.45. The summed E-state index contributed by atoms with van der Waals surface area (Å²) in [6.45, 7) is 3.21. The molecule has 0 unspecified atom stereocenters. The molecule has 0 N–H and O–H groups in total. The molecule has 1 aliphatic rings. The minimum Gasteiger partial charge on any atom is -0.497 e. The molecule has 0 heterocycles. The summed E-state index contributed by atoms with van der Waals surface area (Å²) in [4.78, 5) is 0. The molecule has 0 radical (unpaired) electrons. The minimum absolute atomic E-state index is 0.553. The molecule has 0 bridgehead atoms. The normalized spacial score (nSPS) is 14.2. The molecule has 0 aromatic heterocycles. The van der Waals surface area contributed by atoms with E-state index in [1.807, 2.05) is 36.6 Å². The lowest BCUT2D eigenvalue weighted by Gasteiger charge is -2.16. The van der Waals surface area contributed by atoms with Gasteiger partial charge in [-0.1, -0.05) is 36.4 Å². The molecule has 0 atom stereocenters. The first-order valence-corrected chi connectivity index (χ1v) is 8.41. The zero-order valence-electron chi connectivity index (χ0n) is 13.8. The largest absolute Gasteiger partial charge is 0.497 e. The topological polar surface area (TPSA) is 18.5 Å². The second-order valence-corrected chi connectivity index (χ2v) is 6.02. The van der Waals surface area contributed by atoms with Crippen LogP contribution in [0.5, 0.6) is 5.75 Å². The van der Waals surface area contributed by atoms with Crippen molar-refractivity contribution in [1.82, 2.24) is 0 Å². The van der Waals surface area contributed by atoms with Gasteiger partial charge in [0, 0.05) is 0 Å². The molecule has 2 heteroatoms. The number of fused-ring (bicyclic) bond motifs is 1. The number of ether oxygens (including phenoxy) is 2. The van der Waals surface area contributed by atoms with E-state index in [0.717, 1.165) is 11.3 Å². The molecule has 0 saturated carbocycles. The second kappa shape index (κ2) is 7.87. The number of hydrogen-bond donors (Lipinski definition) is 0. The van der Waals surface area contributed by atoms with Crippen molar-refractivity contribution < 1.29 is 9.47 Å². The van der Waals surface area contributed by atoms with Crippen molar-refractivity contribution in [1.29, 1.82) is 0 Å². The first kappa shape index (κ1) is 15.7. The van der Waals surface area contributed by atoms with Crippen LogP contribution in [-0.4, -0.2) is 13.2 Å². The third-order valence-corrected chi connectivity index (χ3v) is 4.28. The Bertz CT molecular complexity index is 659. The van der Waals surface area contributed by atoms with E-state index in [2.05, 4.69) is 25.1 Å². The summed E-state index contributed by atoms with van der Waals surface area (Å²) in [5.74, 6) is 0.881. The molecule has 23 heavy (non-hydrogen) atoms. The van der Waals surface area contributed by atoms with Crippen LogP contribution < -0.4 is 4.74 Å². The van der Waals surface area contributed by atoms with Gasteiger partial charge in [0.2, 0.25) is 0 Å². The third kappa shape index (κ3) is 4.38. The monoisotopic (exact) mass is 308 g/mol. The maximum atomic E-state index is 5.63. The highest BCUT2D eigenvalue weighted by atomic mass is 16.5. The average Bonchev–Trinajstić information content (AvgIpc) is 2.61. The van der Waals surface area contributed by atoms with Crippen LogP contribution in [0.2, 0.25) is 0 Å². The van der Waals surface area contributed by atoms with Gasteiger partial charge in [-0.15, -0.1) is 0 Å². The van der Waals surface area contributed by atoms with Crippen molar-refractivity contribution in [3.63, 3.8) is 0 Å². The Balaban J connectivity index is 1.49. The maximum absolute atomic E-state index is 5.63. The van der Waals surface area contributed by atoms with Crippen LogP contribution in [0.4, 0.5) is 0 Å². The number of aryl methyl sites for hydroxylation is 2. The predicted molar refractivity (Wildman–Crippen MR) is 94.6 cm³/mol. The van der Waals surface area contributed by atoms with E-state index >= 15 is 0 Å². The smallest absolute Gasteiger partial charge is 0.122 e. The second-order valence-electron chi connectivity index (χ2n) is 6.02. The highest BCUT2D eigenvalue weighted by Crippen LogP contribution is 2.25. The highest BCUT2D eigenvalue weighted by molar-refractivity contribution is 5.64. The molecule has 1 aliphatic carbocycles. The quantitative estimate of drug-likeness (QED) is 0.551. The fourth-order valence-corrected chi connectivity index (χ4v) is 2.96. The summed E-state index contributed by atoms with van der Waals surface area (Å²) in [6, 6.07) is 16.6. The maximum Gasteiger partial charge on any atom is 0.122 e. The molecule has 3 rings (SSSR count). The Morgan fingerprint density at radius 1 is 0.957 bits per heavy atom. The Morgan fingerprint density at radius 2 is 1.74 bits per heavy atom. The Hall–Kier alpha value is -2.22. The molecule has 0 saturated heterocycles. The Kier molecular flexibility index (Phi) is 5.36. The lowest BCUT2D eigenvalue weighted by molar-refractivity contribution is 0.179. The van der Waals surface area contributed by atoms with Gasteiger partial charge in [-0.05, 0) is 67.0 Å². The fourth-order valence-electron chi connectivity index (χ4n) is 2.96. The van der Waals surface area contributed by atoms with E-state index in [4.69, 9.17) is 9.47 Å². The Labute approximate surface area is 138 Å². The van der Waals surface area contributed by atoms with Crippen LogP contribution in [-0.2, 0) is 17.6 Å². The van der Waals surface area contributed by atoms with Crippen LogP contribution in [0.3, 0.4) is 0 Å². The van der Waals surface area contributed by atoms with Gasteiger partial charge >= 0.3 is 0 Å². The van der Waals surface area contributed by atoms with Gasteiger partial charge in [0.1, 0.15) is 19.0 Å². The third-order valence-electron chi connectivity index (χ3n) is 4.28. The van der Waals surface area contributed by atoms with Crippen LogP contribution >= 0.6 is 0 Å². The molecule has 2 aromatic carbocycles. The van der Waals surface area contributed by atoms with Gasteiger partial charge in [0.15, 0.2) is 0 Å². The lowest BCUT2D eigenvalue weighted by atomic mass is 9.89. The van der Waals surface area contributed by atoms with Crippen molar-refractivity contribution in [2.75, 3.05) is 13.2 Å². The number of rotatable bonds is 6. The first-order valence-electron chi connectivity index (χ1n) is 8.41. The van der Waals surface area contributed by atoms with Gasteiger partial charge in [-0.25, -0.2) is 0 Å².